The van der Waals surface area contributed by atoms with Gasteiger partial charge in [-0.15, -0.1) is 0 Å². The van der Waals surface area contributed by atoms with E-state index < -0.39 is 0 Å². The normalized spacial score (nSPS) is 14.3. The van der Waals surface area contributed by atoms with Crippen LogP contribution in [0.5, 0.6) is 0 Å². The number of unbranched alkanes of at least 4 members (excludes halogenated alkanes) is 1. The highest BCUT2D eigenvalue weighted by Crippen LogP contribution is 1.94. The molecule has 0 amide bonds. The Morgan fingerprint density at radius 3 is 2.79 bits per heavy atom. The molecule has 0 radical (unpaired) electrons. The smallest absolute Gasteiger partial charge is 0.139 e. The van der Waals surface area contributed by atoms with Gasteiger partial charge >= 0.3 is 0 Å². The van der Waals surface area contributed by atoms with Crippen LogP contribution < -0.4 is 11.1 Å². The van der Waals surface area contributed by atoms with E-state index in [0.29, 0.717) is 13.0 Å². The zero-order valence-corrected chi connectivity index (χ0v) is 8.74. The zero-order valence-electron chi connectivity index (χ0n) is 8.74. The maximum atomic E-state index is 9.21. The molecule has 0 aliphatic carbocycles. The maximum Gasteiger partial charge on any atom is 0.139 e. The molecular weight excluding hydrogens is 182 g/mol. The fraction of sp³-hybridized carbons (Fsp3) is 0.889. The summed E-state index contributed by atoms with van der Waals surface area (Å²) in [5.74, 6) is 0.276. The first-order valence-electron chi connectivity index (χ1n) is 5.05. The highest BCUT2D eigenvalue weighted by molar-refractivity contribution is 5.79. The summed E-state index contributed by atoms with van der Waals surface area (Å²) >= 11 is 0. The molecule has 0 bridgehead atoms. The molecule has 0 aromatic carbocycles. The van der Waals surface area contributed by atoms with E-state index in [4.69, 9.17) is 10.9 Å². The minimum atomic E-state index is -0.251. The monoisotopic (exact) mass is 203 g/mol. The van der Waals surface area contributed by atoms with Gasteiger partial charge in [0.25, 0.3) is 0 Å². The largest absolute Gasteiger partial charge is 0.409 e. The van der Waals surface area contributed by atoms with Crippen molar-refractivity contribution in [2.45, 2.75) is 38.7 Å². The Labute approximate surface area is 85.0 Å². The van der Waals surface area contributed by atoms with E-state index in [1.807, 2.05) is 6.92 Å². The lowest BCUT2D eigenvalue weighted by atomic mass is 10.2. The molecule has 0 aromatic heterocycles. The van der Waals surface area contributed by atoms with Gasteiger partial charge in [0.2, 0.25) is 0 Å². The van der Waals surface area contributed by atoms with Gasteiger partial charge in [0.15, 0.2) is 0 Å². The lowest BCUT2D eigenvalue weighted by Crippen LogP contribution is -2.27. The SMILES string of the molecule is CCC(O)CNCCCCC(N)=NO. The van der Waals surface area contributed by atoms with E-state index in [0.717, 1.165) is 25.8 Å². The van der Waals surface area contributed by atoms with Crippen molar-refractivity contribution < 1.29 is 10.3 Å². The molecular formula is C9H21N3O2. The van der Waals surface area contributed by atoms with Crippen LogP contribution in [0.1, 0.15) is 32.6 Å². The molecule has 0 spiro atoms. The van der Waals surface area contributed by atoms with E-state index in [1.54, 1.807) is 0 Å². The Bertz CT molecular complexity index is 162. The van der Waals surface area contributed by atoms with Gasteiger partial charge in [0.05, 0.1) is 6.10 Å². The molecule has 0 aliphatic rings. The molecule has 0 heterocycles. The van der Waals surface area contributed by atoms with E-state index in [9.17, 15) is 5.11 Å². The predicted octanol–water partition coefficient (Wildman–Crippen LogP) is 0.264. The van der Waals surface area contributed by atoms with Crippen molar-refractivity contribution in [1.29, 1.82) is 0 Å². The van der Waals surface area contributed by atoms with E-state index >= 15 is 0 Å². The average Bonchev–Trinajstić information content (AvgIpc) is 2.22. The molecule has 0 aliphatic heterocycles. The minimum Gasteiger partial charge on any atom is -0.409 e. The van der Waals surface area contributed by atoms with Crippen LogP contribution in [0.2, 0.25) is 0 Å². The van der Waals surface area contributed by atoms with Gasteiger partial charge < -0.3 is 21.4 Å². The molecule has 0 fully saturated rings. The quantitative estimate of drug-likeness (QED) is 0.150. The van der Waals surface area contributed by atoms with Crippen LogP contribution in [0, 0.1) is 0 Å². The van der Waals surface area contributed by atoms with Crippen molar-refractivity contribution in [2.24, 2.45) is 10.9 Å². The molecule has 0 rings (SSSR count). The molecule has 5 nitrogen and oxygen atoms in total. The van der Waals surface area contributed by atoms with Crippen LogP contribution in [-0.2, 0) is 0 Å². The Morgan fingerprint density at radius 1 is 1.50 bits per heavy atom. The van der Waals surface area contributed by atoms with Crippen LogP contribution >= 0.6 is 0 Å². The number of aliphatic hydroxyl groups is 1. The van der Waals surface area contributed by atoms with Crippen LogP contribution in [0.25, 0.3) is 0 Å². The molecule has 1 atom stereocenters. The summed E-state index contributed by atoms with van der Waals surface area (Å²) in [5.41, 5.74) is 5.30. The molecule has 5 N–H and O–H groups in total. The van der Waals surface area contributed by atoms with Crippen molar-refractivity contribution in [3.05, 3.63) is 0 Å². The van der Waals surface area contributed by atoms with Gasteiger partial charge in [0, 0.05) is 13.0 Å². The summed E-state index contributed by atoms with van der Waals surface area (Å²) in [5, 5.41) is 23.5. The van der Waals surface area contributed by atoms with Crippen LogP contribution in [0.4, 0.5) is 0 Å². The summed E-state index contributed by atoms with van der Waals surface area (Å²) in [6.07, 6.45) is 3.00. The summed E-state index contributed by atoms with van der Waals surface area (Å²) in [6.45, 7) is 3.45. The van der Waals surface area contributed by atoms with Crippen molar-refractivity contribution >= 4 is 5.84 Å². The summed E-state index contributed by atoms with van der Waals surface area (Å²) in [4.78, 5) is 0. The lowest BCUT2D eigenvalue weighted by Gasteiger charge is -2.08. The van der Waals surface area contributed by atoms with Gasteiger partial charge in [-0.05, 0) is 25.8 Å². The summed E-state index contributed by atoms with van der Waals surface area (Å²) in [6, 6.07) is 0. The molecule has 5 heteroatoms. The second-order valence-electron chi connectivity index (χ2n) is 3.31. The molecule has 1 unspecified atom stereocenters. The van der Waals surface area contributed by atoms with Crippen molar-refractivity contribution in [3.63, 3.8) is 0 Å². The first-order chi connectivity index (χ1) is 6.70. The number of hydrogen-bond donors (Lipinski definition) is 4. The third kappa shape index (κ3) is 7.82. The second-order valence-corrected chi connectivity index (χ2v) is 3.31. The zero-order chi connectivity index (χ0) is 10.8. The minimum absolute atomic E-state index is 0.251. The summed E-state index contributed by atoms with van der Waals surface area (Å²) < 4.78 is 0. The lowest BCUT2D eigenvalue weighted by molar-refractivity contribution is 0.167. The first-order valence-corrected chi connectivity index (χ1v) is 5.05. The number of nitrogens with one attached hydrogen (secondary N) is 1. The Kier molecular flexibility index (Phi) is 8.27. The summed E-state index contributed by atoms with van der Waals surface area (Å²) in [7, 11) is 0. The third-order valence-corrected chi connectivity index (χ3v) is 2.02. The molecule has 84 valence electrons. The molecule has 0 saturated heterocycles. The first kappa shape index (κ1) is 13.2. The topological polar surface area (TPSA) is 90.9 Å². The van der Waals surface area contributed by atoms with Gasteiger partial charge in [0.1, 0.15) is 5.84 Å². The van der Waals surface area contributed by atoms with Crippen molar-refractivity contribution in [1.82, 2.24) is 5.32 Å². The molecule has 0 aromatic rings. The number of nitrogens with two attached hydrogens (primary N) is 1. The highest BCUT2D eigenvalue weighted by atomic mass is 16.4. The maximum absolute atomic E-state index is 9.21. The number of oxime groups is 1. The molecule has 14 heavy (non-hydrogen) atoms. The third-order valence-electron chi connectivity index (χ3n) is 2.02. The van der Waals surface area contributed by atoms with Gasteiger partial charge in [-0.2, -0.15) is 0 Å². The van der Waals surface area contributed by atoms with Crippen LogP contribution in [0.3, 0.4) is 0 Å². The number of nitrogens with zero attached hydrogens (tertiary/aromatic N) is 1. The van der Waals surface area contributed by atoms with Crippen LogP contribution in [-0.4, -0.2) is 35.3 Å². The van der Waals surface area contributed by atoms with Crippen molar-refractivity contribution in [2.75, 3.05) is 13.1 Å². The Morgan fingerprint density at radius 2 is 2.21 bits per heavy atom. The van der Waals surface area contributed by atoms with E-state index in [2.05, 4.69) is 10.5 Å². The molecule has 0 saturated carbocycles. The Balaban J connectivity index is 3.14. The van der Waals surface area contributed by atoms with E-state index in [-0.39, 0.29) is 11.9 Å². The number of amidine groups is 1. The highest BCUT2D eigenvalue weighted by Gasteiger charge is 1.98. The van der Waals surface area contributed by atoms with Crippen molar-refractivity contribution in [3.8, 4) is 0 Å². The van der Waals surface area contributed by atoms with Crippen LogP contribution in [0.15, 0.2) is 5.16 Å². The Hall–Kier alpha value is -0.810. The fourth-order valence-electron chi connectivity index (χ4n) is 1.02. The standard InChI is InChI=1S/C9H21N3O2/c1-2-8(13)7-11-6-4-3-5-9(10)12-14/h8,11,13-14H,2-7H2,1H3,(H2,10,12). The van der Waals surface area contributed by atoms with Gasteiger partial charge in [-0.1, -0.05) is 12.1 Å². The number of aliphatic hydroxyl groups excluding tert-OH is 1. The predicted molar refractivity (Wildman–Crippen MR) is 56.4 cm³/mol. The van der Waals surface area contributed by atoms with E-state index in [1.165, 1.54) is 0 Å². The van der Waals surface area contributed by atoms with Gasteiger partial charge in [-0.3, -0.25) is 0 Å². The fourth-order valence-corrected chi connectivity index (χ4v) is 1.02. The number of hydrogen-bond acceptors (Lipinski definition) is 4. The average molecular weight is 203 g/mol. The van der Waals surface area contributed by atoms with Gasteiger partial charge in [-0.25, -0.2) is 0 Å². The second kappa shape index (κ2) is 8.77. The number of rotatable bonds is 8.